The quantitative estimate of drug-likeness (QED) is 0.112. The monoisotopic (exact) mass is 714 g/mol. The minimum atomic E-state index is -1.09. The van der Waals surface area contributed by atoms with E-state index in [0.717, 1.165) is 49.2 Å². The zero-order valence-electron chi connectivity index (χ0n) is 25.8. The fourth-order valence-electron chi connectivity index (χ4n) is 8.12. The summed E-state index contributed by atoms with van der Waals surface area (Å²) in [4.78, 5) is 24.8. The first-order valence-electron chi connectivity index (χ1n) is 15.8. The molecule has 0 N–H and O–H groups in total. The van der Waals surface area contributed by atoms with Crippen molar-refractivity contribution in [2.45, 2.75) is 56.0 Å². The molecule has 0 radical (unpaired) electrons. The van der Waals surface area contributed by atoms with E-state index in [1.807, 2.05) is 12.1 Å². The molecule has 8 nitrogen and oxygen atoms in total. The average Bonchev–Trinajstić information content (AvgIpc) is 3.64. The Hall–Kier alpha value is -4.42. The van der Waals surface area contributed by atoms with Gasteiger partial charge in [0.05, 0.1) is 21.9 Å². The van der Waals surface area contributed by atoms with Crippen molar-refractivity contribution in [3.05, 3.63) is 136 Å². The Kier molecular flexibility index (Phi) is 8.43. The number of nitrogens with zero attached hydrogens (tertiary/aromatic N) is 4. The summed E-state index contributed by atoms with van der Waals surface area (Å²) < 4.78 is 63.3. The molecular weight excluding hydrogens is 687 g/mol. The Morgan fingerprint density at radius 2 is 1.22 bits per heavy atom. The summed E-state index contributed by atoms with van der Waals surface area (Å²) >= 11 is 11.9. The van der Waals surface area contributed by atoms with Gasteiger partial charge in [-0.15, -0.1) is 0 Å². The molecule has 2 aliphatic heterocycles. The van der Waals surface area contributed by atoms with Gasteiger partial charge in [-0.1, -0.05) is 47.5 Å². The maximum absolute atomic E-state index is 16.1. The second kappa shape index (κ2) is 12.5. The standard InChI is InChI=1S/C35H28Cl2F4N4O4/c36-24-17-26(38)21(15-32(24)44(46)47)30-5-6-31(22-16-33(45(48)49)25(37)18-27(22)39)43(30)20-13-28(40)34(29(41)14-20)42-11-9-35(10-12-42)8-7-19-3-1-2-4-23(19)35/h1-4,13-18,30-31H,5-12H2. The topological polar surface area (TPSA) is 92.8 Å². The smallest absolute Gasteiger partial charge is 0.288 e. The minimum absolute atomic E-state index is 0.0491. The van der Waals surface area contributed by atoms with Crippen LogP contribution in [0.2, 0.25) is 10.0 Å². The predicted molar refractivity (Wildman–Crippen MR) is 178 cm³/mol. The number of piperidine rings is 1. The van der Waals surface area contributed by atoms with E-state index < -0.39 is 66.6 Å². The van der Waals surface area contributed by atoms with E-state index in [4.69, 9.17) is 23.2 Å². The van der Waals surface area contributed by atoms with Gasteiger partial charge in [0.15, 0.2) is 11.6 Å². The van der Waals surface area contributed by atoms with Crippen LogP contribution in [0.5, 0.6) is 0 Å². The van der Waals surface area contributed by atoms with Gasteiger partial charge in [-0.25, -0.2) is 17.6 Å². The fraction of sp³-hybridized carbons (Fsp3) is 0.314. The van der Waals surface area contributed by atoms with Gasteiger partial charge < -0.3 is 9.80 Å². The molecule has 2 fully saturated rings. The molecule has 7 rings (SSSR count). The molecule has 2 saturated heterocycles. The highest BCUT2D eigenvalue weighted by atomic mass is 35.5. The van der Waals surface area contributed by atoms with Gasteiger partial charge in [-0.2, -0.15) is 0 Å². The van der Waals surface area contributed by atoms with E-state index in [0.29, 0.717) is 25.9 Å². The molecule has 2 unspecified atom stereocenters. The molecule has 49 heavy (non-hydrogen) atoms. The zero-order valence-corrected chi connectivity index (χ0v) is 27.3. The highest BCUT2D eigenvalue weighted by Gasteiger charge is 2.43. The maximum Gasteiger partial charge on any atom is 0.288 e. The molecule has 4 aromatic rings. The molecule has 0 bridgehead atoms. The molecule has 4 aromatic carbocycles. The van der Waals surface area contributed by atoms with E-state index in [1.54, 1.807) is 4.90 Å². The second-order valence-electron chi connectivity index (χ2n) is 12.9. The van der Waals surface area contributed by atoms with Crippen LogP contribution in [0, 0.1) is 43.5 Å². The van der Waals surface area contributed by atoms with Gasteiger partial charge in [-0.3, -0.25) is 20.2 Å². The van der Waals surface area contributed by atoms with Crippen molar-refractivity contribution < 1.29 is 27.4 Å². The van der Waals surface area contributed by atoms with Crippen molar-refractivity contribution in [1.82, 2.24) is 0 Å². The number of fused-ring (bicyclic) bond motifs is 2. The summed E-state index contributed by atoms with van der Waals surface area (Å²) in [6.07, 6.45) is 3.46. The summed E-state index contributed by atoms with van der Waals surface area (Å²) in [5.74, 6) is -3.62. The number of hydrogen-bond acceptors (Lipinski definition) is 6. The first-order chi connectivity index (χ1) is 23.4. The third-order valence-electron chi connectivity index (χ3n) is 10.4. The highest BCUT2D eigenvalue weighted by Crippen LogP contribution is 2.51. The summed E-state index contributed by atoms with van der Waals surface area (Å²) in [5.41, 5.74) is 0.643. The van der Waals surface area contributed by atoms with Crippen molar-refractivity contribution in [2.75, 3.05) is 22.9 Å². The van der Waals surface area contributed by atoms with Crippen LogP contribution >= 0.6 is 23.2 Å². The molecular formula is C35H28Cl2F4N4O4. The van der Waals surface area contributed by atoms with Crippen LogP contribution in [0.15, 0.2) is 60.7 Å². The number of nitro groups is 2. The molecule has 0 amide bonds. The van der Waals surface area contributed by atoms with Crippen LogP contribution in [0.25, 0.3) is 0 Å². The lowest BCUT2D eigenvalue weighted by molar-refractivity contribution is -0.384. The van der Waals surface area contributed by atoms with Crippen LogP contribution in [-0.2, 0) is 11.8 Å². The van der Waals surface area contributed by atoms with Gasteiger partial charge in [0, 0.05) is 42.0 Å². The van der Waals surface area contributed by atoms with Crippen LogP contribution in [0.3, 0.4) is 0 Å². The molecule has 1 spiro atoms. The summed E-state index contributed by atoms with van der Waals surface area (Å²) in [5, 5.41) is 22.5. The van der Waals surface area contributed by atoms with E-state index in [9.17, 15) is 20.2 Å². The predicted octanol–water partition coefficient (Wildman–Crippen LogP) is 9.93. The van der Waals surface area contributed by atoms with Gasteiger partial charge in [0.25, 0.3) is 11.4 Å². The van der Waals surface area contributed by atoms with E-state index in [2.05, 4.69) is 12.1 Å². The molecule has 254 valence electrons. The largest absolute Gasteiger partial charge is 0.367 e. The number of benzene rings is 4. The third kappa shape index (κ3) is 5.64. The Morgan fingerprint density at radius 1 is 0.714 bits per heavy atom. The summed E-state index contributed by atoms with van der Waals surface area (Å²) in [6, 6.07) is 11.7. The number of rotatable bonds is 6. The lowest BCUT2D eigenvalue weighted by Gasteiger charge is -2.41. The summed E-state index contributed by atoms with van der Waals surface area (Å²) in [6.45, 7) is 0.825. The first-order valence-corrected chi connectivity index (χ1v) is 16.5. The summed E-state index contributed by atoms with van der Waals surface area (Å²) in [7, 11) is 0. The number of anilines is 2. The third-order valence-corrected chi connectivity index (χ3v) is 11.0. The molecule has 2 heterocycles. The Balaban J connectivity index is 1.28. The lowest BCUT2D eigenvalue weighted by atomic mass is 9.74. The second-order valence-corrected chi connectivity index (χ2v) is 13.7. The van der Waals surface area contributed by atoms with Crippen LogP contribution in [0.4, 0.5) is 40.3 Å². The number of nitro benzene ring substituents is 2. The van der Waals surface area contributed by atoms with Gasteiger partial charge in [0.1, 0.15) is 27.4 Å². The minimum Gasteiger partial charge on any atom is -0.367 e. The normalized spacial score (nSPS) is 19.8. The molecule has 3 aliphatic rings. The molecule has 2 atom stereocenters. The van der Waals surface area contributed by atoms with Gasteiger partial charge >= 0.3 is 0 Å². The Labute approximate surface area is 288 Å². The zero-order chi connectivity index (χ0) is 34.8. The van der Waals surface area contributed by atoms with Crippen molar-refractivity contribution >= 4 is 46.0 Å². The number of aryl methyl sites for hydroxylation is 1. The van der Waals surface area contributed by atoms with Crippen LogP contribution in [0.1, 0.15) is 66.4 Å². The van der Waals surface area contributed by atoms with Crippen molar-refractivity contribution in [2.24, 2.45) is 0 Å². The van der Waals surface area contributed by atoms with Crippen molar-refractivity contribution in [1.29, 1.82) is 0 Å². The Bertz CT molecular complexity index is 1920. The number of hydrogen-bond donors (Lipinski definition) is 0. The van der Waals surface area contributed by atoms with Crippen molar-refractivity contribution in [3.63, 3.8) is 0 Å². The molecule has 1 aliphatic carbocycles. The van der Waals surface area contributed by atoms with Crippen LogP contribution in [-0.4, -0.2) is 22.9 Å². The first kappa shape index (κ1) is 33.1. The van der Waals surface area contributed by atoms with E-state index >= 15 is 17.6 Å². The van der Waals surface area contributed by atoms with E-state index in [1.165, 1.54) is 16.0 Å². The fourth-order valence-corrected chi connectivity index (χ4v) is 8.56. The van der Waals surface area contributed by atoms with Crippen molar-refractivity contribution in [3.8, 4) is 0 Å². The Morgan fingerprint density at radius 3 is 1.73 bits per heavy atom. The molecule has 0 saturated carbocycles. The maximum atomic E-state index is 16.1. The highest BCUT2D eigenvalue weighted by molar-refractivity contribution is 6.33. The molecule has 14 heteroatoms. The van der Waals surface area contributed by atoms with Gasteiger partial charge in [0.2, 0.25) is 0 Å². The van der Waals surface area contributed by atoms with Crippen LogP contribution < -0.4 is 9.80 Å². The van der Waals surface area contributed by atoms with Gasteiger partial charge in [-0.05, 0) is 79.3 Å². The SMILES string of the molecule is O=[N+]([O-])c1cc(C2CCC(c3cc([N+](=O)[O-])c(Cl)cc3F)N2c2cc(F)c(N3CCC4(CCc5ccccc54)CC3)c(F)c2)c(F)cc1Cl. The average molecular weight is 716 g/mol. The number of halogens is 6. The van der Waals surface area contributed by atoms with E-state index in [-0.39, 0.29) is 40.8 Å². The molecule has 0 aromatic heterocycles. The lowest BCUT2D eigenvalue weighted by Crippen LogP contribution is -2.42.